The summed E-state index contributed by atoms with van der Waals surface area (Å²) in [6.07, 6.45) is 3.61. The predicted octanol–water partition coefficient (Wildman–Crippen LogP) is 1.92. The molecule has 4 N–H and O–H groups in total. The Hall–Kier alpha value is -4.45. The van der Waals surface area contributed by atoms with Gasteiger partial charge in [-0.05, 0) is 55.5 Å². The fourth-order valence-electron chi connectivity index (χ4n) is 4.96. The molecule has 4 rings (SSSR count). The van der Waals surface area contributed by atoms with Crippen LogP contribution >= 0.6 is 0 Å². The number of benzene rings is 2. The van der Waals surface area contributed by atoms with Gasteiger partial charge in [0.15, 0.2) is 23.0 Å². The average Bonchev–Trinajstić information content (AvgIpc) is 3.60. The van der Waals surface area contributed by atoms with Crippen LogP contribution in [0.2, 0.25) is 0 Å². The fraction of sp³-hybridized carbons (Fsp3) is 0.433. The number of carbonyl (C=O) groups excluding carboxylic acids is 3. The Kier molecular flexibility index (Phi) is 9.46. The van der Waals surface area contributed by atoms with Gasteiger partial charge in [0.05, 0.1) is 21.3 Å². The molecule has 12 nitrogen and oxygen atoms in total. The number of ether oxygens (including phenoxy) is 4. The summed E-state index contributed by atoms with van der Waals surface area (Å²) in [5, 5.41) is 32.2. The lowest BCUT2D eigenvalue weighted by Crippen LogP contribution is -2.55. The molecular formula is C30H36N2O10. The van der Waals surface area contributed by atoms with Crippen molar-refractivity contribution in [3.63, 3.8) is 0 Å². The van der Waals surface area contributed by atoms with Gasteiger partial charge in [0.2, 0.25) is 11.8 Å². The Balaban J connectivity index is 1.33. The van der Waals surface area contributed by atoms with E-state index in [1.54, 1.807) is 24.3 Å². The Labute approximate surface area is 243 Å². The average molecular weight is 585 g/mol. The smallest absolute Gasteiger partial charge is 0.329 e. The molecule has 226 valence electrons. The van der Waals surface area contributed by atoms with Crippen molar-refractivity contribution in [1.82, 2.24) is 10.2 Å². The molecule has 2 aromatic rings. The van der Waals surface area contributed by atoms with E-state index in [1.165, 1.54) is 44.4 Å². The fourth-order valence-corrected chi connectivity index (χ4v) is 4.96. The summed E-state index contributed by atoms with van der Waals surface area (Å²) in [5.74, 6) is -0.753. The van der Waals surface area contributed by atoms with E-state index < -0.39 is 29.6 Å². The van der Waals surface area contributed by atoms with Gasteiger partial charge >= 0.3 is 5.97 Å². The third kappa shape index (κ3) is 6.71. The molecule has 1 aliphatic heterocycles. The number of nitrogens with zero attached hydrogens (tertiary/aromatic N) is 1. The van der Waals surface area contributed by atoms with Crippen molar-refractivity contribution in [3.8, 4) is 28.7 Å². The number of methoxy groups -OCH3 is 3. The second-order valence-corrected chi connectivity index (χ2v) is 10.3. The van der Waals surface area contributed by atoms with Crippen molar-refractivity contribution in [1.29, 1.82) is 0 Å². The number of aromatic hydroxyl groups is 2. The number of hydrogen-bond acceptors (Lipinski definition) is 10. The molecule has 2 aromatic carbocycles. The first-order valence-electron chi connectivity index (χ1n) is 13.6. The van der Waals surface area contributed by atoms with Gasteiger partial charge in [-0.2, -0.15) is 0 Å². The zero-order valence-electron chi connectivity index (χ0n) is 23.8. The second kappa shape index (κ2) is 13.0. The number of amides is 2. The summed E-state index contributed by atoms with van der Waals surface area (Å²) in [5.41, 5.74) is -0.0492. The number of phenolic OH excluding ortho intramolecular Hbond substituents is 2. The number of hydrogen-bond donors (Lipinski definition) is 4. The molecule has 1 saturated heterocycles. The zero-order valence-corrected chi connectivity index (χ0v) is 23.8. The third-order valence-corrected chi connectivity index (χ3v) is 7.43. The normalized spacial score (nSPS) is 17.9. The molecule has 12 heteroatoms. The monoisotopic (exact) mass is 584 g/mol. The van der Waals surface area contributed by atoms with Crippen LogP contribution in [-0.4, -0.2) is 90.2 Å². The van der Waals surface area contributed by atoms with Gasteiger partial charge in [-0.25, -0.2) is 4.79 Å². The van der Waals surface area contributed by atoms with Crippen LogP contribution in [0.25, 0.3) is 6.08 Å². The van der Waals surface area contributed by atoms with Crippen LogP contribution in [0.15, 0.2) is 36.4 Å². The van der Waals surface area contributed by atoms with E-state index in [1.807, 2.05) is 0 Å². The zero-order chi connectivity index (χ0) is 30.4. The predicted molar refractivity (Wildman–Crippen MR) is 150 cm³/mol. The van der Waals surface area contributed by atoms with Crippen molar-refractivity contribution in [2.75, 3.05) is 34.5 Å². The SMILES string of the molecule is COc1cc(OC)c(OC)cc1/C=C/COC(=O)C1CCCN1C(=O)C1(NC(=O)C(O)Cc2ccc(O)c(O)c2)CC1. The Morgan fingerprint density at radius 3 is 2.36 bits per heavy atom. The Bertz CT molecular complexity index is 1350. The van der Waals surface area contributed by atoms with Crippen LogP contribution < -0.4 is 19.5 Å². The van der Waals surface area contributed by atoms with E-state index in [9.17, 15) is 29.7 Å². The lowest BCUT2D eigenvalue weighted by Gasteiger charge is -2.28. The van der Waals surface area contributed by atoms with Crippen LogP contribution in [-0.2, 0) is 25.5 Å². The number of likely N-dealkylation sites (tertiary alicyclic amines) is 1. The summed E-state index contributed by atoms with van der Waals surface area (Å²) >= 11 is 0. The van der Waals surface area contributed by atoms with Crippen LogP contribution in [0.5, 0.6) is 28.7 Å². The number of rotatable bonds is 12. The maximum atomic E-state index is 13.5. The number of esters is 1. The Morgan fingerprint density at radius 1 is 1.02 bits per heavy atom. The van der Waals surface area contributed by atoms with E-state index in [-0.39, 0.29) is 30.4 Å². The highest BCUT2D eigenvalue weighted by molar-refractivity contribution is 5.97. The minimum Gasteiger partial charge on any atom is -0.504 e. The minimum absolute atomic E-state index is 0.0320. The van der Waals surface area contributed by atoms with Crippen molar-refractivity contribution in [2.24, 2.45) is 0 Å². The highest BCUT2D eigenvalue weighted by Crippen LogP contribution is 2.39. The second-order valence-electron chi connectivity index (χ2n) is 10.3. The summed E-state index contributed by atoms with van der Waals surface area (Å²) in [6.45, 7) is 0.319. The van der Waals surface area contributed by atoms with Crippen LogP contribution in [0, 0.1) is 0 Å². The number of aliphatic hydroxyl groups is 1. The molecule has 1 heterocycles. The Morgan fingerprint density at radius 2 is 1.71 bits per heavy atom. The van der Waals surface area contributed by atoms with E-state index >= 15 is 0 Å². The molecule has 2 atom stereocenters. The van der Waals surface area contributed by atoms with Gasteiger partial charge in [-0.3, -0.25) is 9.59 Å². The number of nitrogens with one attached hydrogen (secondary N) is 1. The van der Waals surface area contributed by atoms with Gasteiger partial charge < -0.3 is 44.5 Å². The lowest BCUT2D eigenvalue weighted by atomic mass is 10.1. The number of aliphatic hydroxyl groups excluding tert-OH is 1. The van der Waals surface area contributed by atoms with E-state index in [0.717, 1.165) is 0 Å². The molecule has 0 radical (unpaired) electrons. The van der Waals surface area contributed by atoms with E-state index in [0.29, 0.717) is 60.6 Å². The molecule has 2 unspecified atom stereocenters. The highest BCUT2D eigenvalue weighted by Gasteiger charge is 2.55. The highest BCUT2D eigenvalue weighted by atomic mass is 16.5. The van der Waals surface area contributed by atoms with Crippen LogP contribution in [0.4, 0.5) is 0 Å². The molecule has 1 saturated carbocycles. The molecular weight excluding hydrogens is 548 g/mol. The maximum absolute atomic E-state index is 13.5. The van der Waals surface area contributed by atoms with Crippen molar-refractivity contribution < 1.29 is 48.7 Å². The molecule has 2 amide bonds. The van der Waals surface area contributed by atoms with Gasteiger partial charge in [-0.15, -0.1) is 0 Å². The molecule has 2 aliphatic rings. The third-order valence-electron chi connectivity index (χ3n) is 7.43. The molecule has 0 spiro atoms. The van der Waals surface area contributed by atoms with E-state index in [2.05, 4.69) is 5.32 Å². The van der Waals surface area contributed by atoms with Crippen LogP contribution in [0.3, 0.4) is 0 Å². The molecule has 2 fully saturated rings. The standard InChI is InChI=1S/C30H36N2O10/c1-39-24-17-26(41-3)25(40-2)16-19(24)6-5-13-42-28(37)20-7-4-12-32(20)29(38)30(10-11-30)31-27(36)23(35)15-18-8-9-21(33)22(34)14-18/h5-6,8-9,14,16-17,20,23,33-35H,4,7,10-13,15H2,1-3H3,(H,31,36)/b6-5+. The van der Waals surface area contributed by atoms with Gasteiger partial charge in [-0.1, -0.05) is 12.1 Å². The molecule has 42 heavy (non-hydrogen) atoms. The minimum atomic E-state index is -1.48. The summed E-state index contributed by atoms with van der Waals surface area (Å²) in [4.78, 5) is 40.6. The van der Waals surface area contributed by atoms with Crippen LogP contribution in [0.1, 0.15) is 36.8 Å². The molecule has 0 bridgehead atoms. The summed E-state index contributed by atoms with van der Waals surface area (Å²) in [7, 11) is 4.58. The maximum Gasteiger partial charge on any atom is 0.329 e. The summed E-state index contributed by atoms with van der Waals surface area (Å²) in [6, 6.07) is 6.64. The number of phenols is 2. The topological polar surface area (TPSA) is 164 Å². The lowest BCUT2D eigenvalue weighted by molar-refractivity contribution is -0.153. The largest absolute Gasteiger partial charge is 0.504 e. The molecule has 1 aliphatic carbocycles. The first kappa shape index (κ1) is 30.5. The van der Waals surface area contributed by atoms with Crippen molar-refractivity contribution >= 4 is 23.9 Å². The van der Waals surface area contributed by atoms with Gasteiger partial charge in [0.1, 0.15) is 30.0 Å². The first-order chi connectivity index (χ1) is 20.1. The first-order valence-corrected chi connectivity index (χ1v) is 13.6. The van der Waals surface area contributed by atoms with Gasteiger partial charge in [0.25, 0.3) is 0 Å². The summed E-state index contributed by atoms with van der Waals surface area (Å²) < 4.78 is 21.5. The van der Waals surface area contributed by atoms with Crippen molar-refractivity contribution in [3.05, 3.63) is 47.5 Å². The van der Waals surface area contributed by atoms with E-state index in [4.69, 9.17) is 18.9 Å². The quantitative estimate of drug-likeness (QED) is 0.214. The molecule has 0 aromatic heterocycles. The number of carbonyl (C=O) groups is 3. The van der Waals surface area contributed by atoms with Crippen molar-refractivity contribution in [2.45, 2.75) is 49.8 Å². The van der Waals surface area contributed by atoms with Gasteiger partial charge in [0, 0.05) is 24.6 Å².